The SMILES string of the molecule is CCCC(N)=NCC1(C2CC2)CC1. The third-order valence-corrected chi connectivity index (χ3v) is 3.44. The zero-order valence-electron chi connectivity index (χ0n) is 8.55. The summed E-state index contributed by atoms with van der Waals surface area (Å²) >= 11 is 0. The topological polar surface area (TPSA) is 38.4 Å². The molecule has 2 fully saturated rings. The van der Waals surface area contributed by atoms with Crippen LogP contribution in [0.25, 0.3) is 0 Å². The van der Waals surface area contributed by atoms with Crippen LogP contribution in [0.4, 0.5) is 0 Å². The molecule has 74 valence electrons. The molecule has 0 aromatic carbocycles. The van der Waals surface area contributed by atoms with Gasteiger partial charge in [-0.25, -0.2) is 0 Å². The minimum Gasteiger partial charge on any atom is -0.387 e. The van der Waals surface area contributed by atoms with Crippen LogP contribution >= 0.6 is 0 Å². The van der Waals surface area contributed by atoms with Crippen molar-refractivity contribution in [1.29, 1.82) is 0 Å². The van der Waals surface area contributed by atoms with Gasteiger partial charge >= 0.3 is 0 Å². The molecule has 0 radical (unpaired) electrons. The summed E-state index contributed by atoms with van der Waals surface area (Å²) in [4.78, 5) is 4.50. The first kappa shape index (κ1) is 9.04. The summed E-state index contributed by atoms with van der Waals surface area (Å²) in [5, 5.41) is 0. The summed E-state index contributed by atoms with van der Waals surface area (Å²) < 4.78 is 0. The Hall–Kier alpha value is -0.530. The van der Waals surface area contributed by atoms with Crippen molar-refractivity contribution in [3.05, 3.63) is 0 Å². The zero-order chi connectivity index (χ0) is 9.31. The lowest BCUT2D eigenvalue weighted by Gasteiger charge is -2.10. The van der Waals surface area contributed by atoms with Crippen LogP contribution in [0.3, 0.4) is 0 Å². The average Bonchev–Trinajstić information content (AvgIpc) is 2.95. The highest BCUT2D eigenvalue weighted by Gasteiger charge is 2.53. The van der Waals surface area contributed by atoms with Crippen LogP contribution in [0, 0.1) is 11.3 Å². The van der Waals surface area contributed by atoms with Crippen LogP contribution in [-0.2, 0) is 0 Å². The van der Waals surface area contributed by atoms with Gasteiger partial charge in [0.05, 0.1) is 5.84 Å². The van der Waals surface area contributed by atoms with Crippen LogP contribution < -0.4 is 5.73 Å². The molecule has 2 nitrogen and oxygen atoms in total. The van der Waals surface area contributed by atoms with Crippen molar-refractivity contribution in [2.24, 2.45) is 22.1 Å². The summed E-state index contributed by atoms with van der Waals surface area (Å²) in [5.41, 5.74) is 6.41. The van der Waals surface area contributed by atoms with Gasteiger partial charge in [0, 0.05) is 13.0 Å². The lowest BCUT2D eigenvalue weighted by molar-refractivity contribution is 0.453. The summed E-state index contributed by atoms with van der Waals surface area (Å²) in [6, 6.07) is 0. The second-order valence-corrected chi connectivity index (χ2v) is 4.69. The molecule has 2 aliphatic rings. The minimum absolute atomic E-state index is 0.623. The van der Waals surface area contributed by atoms with Gasteiger partial charge in [0.15, 0.2) is 0 Å². The van der Waals surface area contributed by atoms with Crippen molar-refractivity contribution in [3.63, 3.8) is 0 Å². The molecule has 0 unspecified atom stereocenters. The molecular weight excluding hydrogens is 160 g/mol. The highest BCUT2D eigenvalue weighted by molar-refractivity contribution is 5.80. The summed E-state index contributed by atoms with van der Waals surface area (Å²) in [7, 11) is 0. The molecule has 2 aliphatic carbocycles. The fraction of sp³-hybridized carbons (Fsp3) is 0.909. The summed E-state index contributed by atoms with van der Waals surface area (Å²) in [6.07, 6.45) is 7.79. The Morgan fingerprint density at radius 3 is 2.62 bits per heavy atom. The van der Waals surface area contributed by atoms with E-state index in [0.29, 0.717) is 5.41 Å². The van der Waals surface area contributed by atoms with Crippen LogP contribution in [0.2, 0.25) is 0 Å². The number of amidine groups is 1. The quantitative estimate of drug-likeness (QED) is 0.512. The monoisotopic (exact) mass is 180 g/mol. The van der Waals surface area contributed by atoms with E-state index in [1.807, 2.05) is 0 Å². The second kappa shape index (κ2) is 3.32. The predicted molar refractivity (Wildman–Crippen MR) is 55.8 cm³/mol. The van der Waals surface area contributed by atoms with E-state index in [2.05, 4.69) is 11.9 Å². The number of hydrogen-bond donors (Lipinski definition) is 1. The standard InChI is InChI=1S/C11H20N2/c1-2-3-10(12)13-8-11(6-7-11)9-4-5-9/h9H,2-8H2,1H3,(H2,12,13). The molecule has 0 heterocycles. The van der Waals surface area contributed by atoms with Gasteiger partial charge in [0.25, 0.3) is 0 Å². The predicted octanol–water partition coefficient (Wildman–Crippen LogP) is 2.33. The highest BCUT2D eigenvalue weighted by Crippen LogP contribution is 2.61. The Labute approximate surface area is 80.6 Å². The van der Waals surface area contributed by atoms with Crippen LogP contribution in [0.15, 0.2) is 4.99 Å². The van der Waals surface area contributed by atoms with E-state index in [1.165, 1.54) is 25.7 Å². The normalized spacial score (nSPS) is 26.1. The number of nitrogens with zero attached hydrogens (tertiary/aromatic N) is 1. The number of nitrogens with two attached hydrogens (primary N) is 1. The van der Waals surface area contributed by atoms with Crippen LogP contribution in [-0.4, -0.2) is 12.4 Å². The fourth-order valence-corrected chi connectivity index (χ4v) is 2.15. The fourth-order valence-electron chi connectivity index (χ4n) is 2.15. The molecule has 2 heteroatoms. The van der Waals surface area contributed by atoms with E-state index >= 15 is 0 Å². The van der Waals surface area contributed by atoms with Gasteiger partial charge in [0.2, 0.25) is 0 Å². The molecule has 0 bridgehead atoms. The van der Waals surface area contributed by atoms with Gasteiger partial charge in [-0.15, -0.1) is 0 Å². The molecule has 0 aliphatic heterocycles. The molecule has 2 saturated carbocycles. The molecule has 0 saturated heterocycles. The summed E-state index contributed by atoms with van der Waals surface area (Å²) in [5.74, 6) is 1.88. The first-order chi connectivity index (χ1) is 6.27. The summed E-state index contributed by atoms with van der Waals surface area (Å²) in [6.45, 7) is 3.17. The zero-order valence-corrected chi connectivity index (χ0v) is 8.55. The smallest absolute Gasteiger partial charge is 0.0937 e. The largest absolute Gasteiger partial charge is 0.387 e. The van der Waals surface area contributed by atoms with E-state index < -0.39 is 0 Å². The lowest BCUT2D eigenvalue weighted by Crippen LogP contribution is -2.15. The Morgan fingerprint density at radius 1 is 1.46 bits per heavy atom. The van der Waals surface area contributed by atoms with E-state index in [-0.39, 0.29) is 0 Å². The van der Waals surface area contributed by atoms with Gasteiger partial charge in [-0.05, 0) is 43.4 Å². The molecule has 0 amide bonds. The number of hydrogen-bond acceptors (Lipinski definition) is 1. The third kappa shape index (κ3) is 2.04. The van der Waals surface area contributed by atoms with Crippen molar-refractivity contribution < 1.29 is 0 Å². The first-order valence-corrected chi connectivity index (χ1v) is 5.56. The van der Waals surface area contributed by atoms with Gasteiger partial charge in [-0.2, -0.15) is 0 Å². The maximum atomic E-state index is 5.79. The van der Waals surface area contributed by atoms with E-state index in [9.17, 15) is 0 Å². The van der Waals surface area contributed by atoms with Crippen molar-refractivity contribution >= 4 is 5.84 Å². The van der Waals surface area contributed by atoms with Crippen molar-refractivity contribution in [1.82, 2.24) is 0 Å². The molecule has 0 aromatic rings. The number of aliphatic imine (C=N–C) groups is 1. The third-order valence-electron chi connectivity index (χ3n) is 3.44. The Balaban J connectivity index is 1.80. The van der Waals surface area contributed by atoms with Crippen molar-refractivity contribution in [2.45, 2.75) is 45.4 Å². The minimum atomic E-state index is 0.623. The maximum Gasteiger partial charge on any atom is 0.0937 e. The first-order valence-electron chi connectivity index (χ1n) is 5.56. The van der Waals surface area contributed by atoms with Gasteiger partial charge in [-0.1, -0.05) is 6.92 Å². The molecule has 13 heavy (non-hydrogen) atoms. The molecule has 0 aromatic heterocycles. The molecule has 2 rings (SSSR count). The Kier molecular flexibility index (Phi) is 2.31. The van der Waals surface area contributed by atoms with Gasteiger partial charge < -0.3 is 5.73 Å². The second-order valence-electron chi connectivity index (χ2n) is 4.69. The molecular formula is C11H20N2. The van der Waals surface area contributed by atoms with E-state index in [0.717, 1.165) is 31.1 Å². The van der Waals surface area contributed by atoms with Crippen LogP contribution in [0.5, 0.6) is 0 Å². The Morgan fingerprint density at radius 2 is 2.15 bits per heavy atom. The van der Waals surface area contributed by atoms with E-state index in [1.54, 1.807) is 0 Å². The highest BCUT2D eigenvalue weighted by atomic mass is 14.9. The molecule has 2 N–H and O–H groups in total. The van der Waals surface area contributed by atoms with Crippen LogP contribution in [0.1, 0.15) is 45.4 Å². The lowest BCUT2D eigenvalue weighted by atomic mass is 10.0. The van der Waals surface area contributed by atoms with Crippen molar-refractivity contribution in [3.8, 4) is 0 Å². The van der Waals surface area contributed by atoms with Gasteiger partial charge in [-0.3, -0.25) is 4.99 Å². The van der Waals surface area contributed by atoms with Gasteiger partial charge in [0.1, 0.15) is 0 Å². The number of rotatable bonds is 5. The molecule has 0 spiro atoms. The van der Waals surface area contributed by atoms with Crippen molar-refractivity contribution in [2.75, 3.05) is 6.54 Å². The van der Waals surface area contributed by atoms with E-state index in [4.69, 9.17) is 5.73 Å². The molecule has 0 atom stereocenters. The Bertz CT molecular complexity index is 212. The maximum absolute atomic E-state index is 5.79. The average molecular weight is 180 g/mol.